The molecule has 0 amide bonds. The van der Waals surface area contributed by atoms with Crippen molar-refractivity contribution in [2.75, 3.05) is 14.2 Å². The summed E-state index contributed by atoms with van der Waals surface area (Å²) in [6, 6.07) is 0.125. The van der Waals surface area contributed by atoms with Crippen LogP contribution in [0.25, 0.3) is 0 Å². The molecule has 0 aromatic carbocycles. The van der Waals surface area contributed by atoms with Gasteiger partial charge in [0.2, 0.25) is 0 Å². The van der Waals surface area contributed by atoms with Crippen molar-refractivity contribution in [1.82, 2.24) is 4.90 Å². The number of rotatable bonds is 2. The Bertz CT molecular complexity index is 451. The molecule has 6 heteroatoms. The van der Waals surface area contributed by atoms with E-state index in [0.29, 0.717) is 6.04 Å². The highest BCUT2D eigenvalue weighted by atomic mass is 16.5. The fraction of sp³-hybridized carbons (Fsp3) is 0.812. The van der Waals surface area contributed by atoms with Gasteiger partial charge in [-0.1, -0.05) is 12.8 Å². The summed E-state index contributed by atoms with van der Waals surface area (Å²) in [5.41, 5.74) is 0. The summed E-state index contributed by atoms with van der Waals surface area (Å²) in [5, 5.41) is 0. The standard InChI is InChI=1S/C16H23NO5/c1-21-15(19)12-10-7-3-5-9-6-4-8-11(17(9)10)13(14(12)18)16(20)22-2/h9-13H,3-8H2,1-2H3/t9?,10-,11+,12-,13-/m0/s1. The normalized spacial score (nSPS) is 38.1. The van der Waals surface area contributed by atoms with Gasteiger partial charge in [-0.3, -0.25) is 19.3 Å². The van der Waals surface area contributed by atoms with Crippen LogP contribution in [0.4, 0.5) is 0 Å². The summed E-state index contributed by atoms with van der Waals surface area (Å²) in [6.45, 7) is 0. The minimum Gasteiger partial charge on any atom is -0.468 e. The van der Waals surface area contributed by atoms with E-state index >= 15 is 0 Å². The number of carbonyl (C=O) groups excluding carboxylic acids is 3. The summed E-state index contributed by atoms with van der Waals surface area (Å²) in [5.74, 6) is -3.06. The molecule has 0 aromatic rings. The van der Waals surface area contributed by atoms with Gasteiger partial charge in [-0.05, 0) is 25.7 Å². The van der Waals surface area contributed by atoms with Gasteiger partial charge in [0.1, 0.15) is 11.8 Å². The predicted molar refractivity (Wildman–Crippen MR) is 76.9 cm³/mol. The molecule has 3 heterocycles. The molecule has 3 aliphatic rings. The Kier molecular flexibility index (Phi) is 4.21. The van der Waals surface area contributed by atoms with Crippen LogP contribution in [0.2, 0.25) is 0 Å². The van der Waals surface area contributed by atoms with Gasteiger partial charge in [0, 0.05) is 18.1 Å². The SMILES string of the molecule is COC(=O)[C@@H]1C(=O)[C@@H](C(=O)OC)[C@@H]2CCCC3CCC[C@H]1N32. The fourth-order valence-electron chi connectivity index (χ4n) is 4.70. The summed E-state index contributed by atoms with van der Waals surface area (Å²) in [7, 11) is 2.59. The molecule has 22 heavy (non-hydrogen) atoms. The molecule has 0 aromatic heterocycles. The zero-order valence-corrected chi connectivity index (χ0v) is 13.1. The van der Waals surface area contributed by atoms with E-state index in [1.54, 1.807) is 0 Å². The molecule has 3 aliphatic heterocycles. The van der Waals surface area contributed by atoms with Gasteiger partial charge < -0.3 is 9.47 Å². The maximum Gasteiger partial charge on any atom is 0.317 e. The zero-order valence-electron chi connectivity index (χ0n) is 13.1. The number of piperidine rings is 3. The summed E-state index contributed by atoms with van der Waals surface area (Å²) >= 11 is 0. The summed E-state index contributed by atoms with van der Waals surface area (Å²) in [6.07, 6.45) is 5.80. The van der Waals surface area contributed by atoms with E-state index in [9.17, 15) is 14.4 Å². The molecule has 0 spiro atoms. The quantitative estimate of drug-likeness (QED) is 0.558. The van der Waals surface area contributed by atoms with Crippen LogP contribution in [0, 0.1) is 11.8 Å². The lowest BCUT2D eigenvalue weighted by Gasteiger charge is -2.55. The van der Waals surface area contributed by atoms with Crippen molar-refractivity contribution >= 4 is 17.7 Å². The first-order valence-electron chi connectivity index (χ1n) is 8.07. The van der Waals surface area contributed by atoms with Crippen molar-refractivity contribution in [3.63, 3.8) is 0 Å². The summed E-state index contributed by atoms with van der Waals surface area (Å²) in [4.78, 5) is 39.5. The van der Waals surface area contributed by atoms with Gasteiger partial charge in [-0.15, -0.1) is 0 Å². The van der Waals surface area contributed by atoms with E-state index in [0.717, 1.165) is 38.5 Å². The van der Waals surface area contributed by atoms with Crippen molar-refractivity contribution in [2.24, 2.45) is 11.8 Å². The molecule has 3 saturated heterocycles. The minimum absolute atomic E-state index is 0.120. The highest BCUT2D eigenvalue weighted by Crippen LogP contribution is 2.44. The number of nitrogens with zero attached hydrogens (tertiary/aromatic N) is 1. The average molecular weight is 309 g/mol. The molecule has 6 nitrogen and oxygen atoms in total. The van der Waals surface area contributed by atoms with Crippen LogP contribution >= 0.6 is 0 Å². The third-order valence-electron chi connectivity index (χ3n) is 5.55. The topological polar surface area (TPSA) is 72.9 Å². The second kappa shape index (κ2) is 5.99. The molecule has 122 valence electrons. The first-order chi connectivity index (χ1) is 10.6. The number of Topliss-reactive ketones (excluding diaryl/α,β-unsaturated/α-hetero) is 1. The van der Waals surface area contributed by atoms with E-state index in [4.69, 9.17) is 9.47 Å². The molecule has 0 N–H and O–H groups in total. The third kappa shape index (κ3) is 2.24. The van der Waals surface area contributed by atoms with Crippen molar-refractivity contribution in [1.29, 1.82) is 0 Å². The Morgan fingerprint density at radius 1 is 0.909 bits per heavy atom. The number of hydrogen-bond donors (Lipinski definition) is 0. The van der Waals surface area contributed by atoms with Crippen LogP contribution in [0.5, 0.6) is 0 Å². The van der Waals surface area contributed by atoms with Gasteiger partial charge >= 0.3 is 11.9 Å². The Balaban J connectivity index is 2.01. The number of ether oxygens (including phenoxy) is 2. The van der Waals surface area contributed by atoms with Crippen LogP contribution in [0.1, 0.15) is 38.5 Å². The number of esters is 2. The third-order valence-corrected chi connectivity index (χ3v) is 5.55. The maximum absolute atomic E-state index is 12.9. The average Bonchev–Trinajstić information content (AvgIpc) is 2.54. The van der Waals surface area contributed by atoms with Gasteiger partial charge in [0.05, 0.1) is 14.2 Å². The largest absolute Gasteiger partial charge is 0.468 e. The van der Waals surface area contributed by atoms with Crippen LogP contribution in [0.3, 0.4) is 0 Å². The number of methoxy groups -OCH3 is 2. The predicted octanol–water partition coefficient (Wildman–Crippen LogP) is 0.923. The molecule has 3 fully saturated rings. The first-order valence-corrected chi connectivity index (χ1v) is 8.07. The van der Waals surface area contributed by atoms with Crippen molar-refractivity contribution in [2.45, 2.75) is 56.7 Å². The molecular formula is C16H23NO5. The van der Waals surface area contributed by atoms with E-state index in [-0.39, 0.29) is 17.9 Å². The molecule has 1 unspecified atom stereocenters. The second-order valence-corrected chi connectivity index (χ2v) is 6.50. The van der Waals surface area contributed by atoms with Gasteiger partial charge in [-0.25, -0.2) is 0 Å². The lowest BCUT2D eigenvalue weighted by molar-refractivity contribution is -0.174. The van der Waals surface area contributed by atoms with Gasteiger partial charge in [0.25, 0.3) is 0 Å². The minimum atomic E-state index is -0.855. The molecule has 3 rings (SSSR count). The maximum atomic E-state index is 12.9. The molecule has 0 bridgehead atoms. The molecular weight excluding hydrogens is 286 g/mol. The smallest absolute Gasteiger partial charge is 0.317 e. The number of ketones is 1. The Hall–Kier alpha value is -1.43. The van der Waals surface area contributed by atoms with Crippen LogP contribution in [-0.4, -0.2) is 55.0 Å². The Morgan fingerprint density at radius 2 is 1.36 bits per heavy atom. The molecule has 0 saturated carbocycles. The van der Waals surface area contributed by atoms with E-state index < -0.39 is 23.8 Å². The monoisotopic (exact) mass is 309 g/mol. The molecule has 0 aliphatic carbocycles. The lowest BCUT2D eigenvalue weighted by atomic mass is 9.69. The van der Waals surface area contributed by atoms with Crippen molar-refractivity contribution in [3.8, 4) is 0 Å². The fourth-order valence-corrected chi connectivity index (χ4v) is 4.70. The van der Waals surface area contributed by atoms with Crippen LogP contribution in [-0.2, 0) is 23.9 Å². The van der Waals surface area contributed by atoms with Crippen molar-refractivity contribution < 1.29 is 23.9 Å². The number of carbonyl (C=O) groups is 3. The lowest BCUT2D eigenvalue weighted by Crippen LogP contribution is -2.68. The zero-order chi connectivity index (χ0) is 15.9. The van der Waals surface area contributed by atoms with E-state index in [1.165, 1.54) is 14.2 Å². The summed E-state index contributed by atoms with van der Waals surface area (Å²) < 4.78 is 9.71. The highest BCUT2D eigenvalue weighted by Gasteiger charge is 2.57. The Morgan fingerprint density at radius 3 is 1.77 bits per heavy atom. The van der Waals surface area contributed by atoms with E-state index in [1.807, 2.05) is 0 Å². The second-order valence-electron chi connectivity index (χ2n) is 6.50. The molecule has 0 radical (unpaired) electrons. The van der Waals surface area contributed by atoms with Gasteiger partial charge in [0.15, 0.2) is 5.78 Å². The first kappa shape index (κ1) is 15.5. The van der Waals surface area contributed by atoms with E-state index in [2.05, 4.69) is 4.90 Å². The van der Waals surface area contributed by atoms with Crippen molar-refractivity contribution in [3.05, 3.63) is 0 Å². The van der Waals surface area contributed by atoms with Gasteiger partial charge in [-0.2, -0.15) is 0 Å². The number of hydrogen-bond acceptors (Lipinski definition) is 6. The van der Waals surface area contributed by atoms with Crippen LogP contribution < -0.4 is 0 Å². The van der Waals surface area contributed by atoms with Crippen LogP contribution in [0.15, 0.2) is 0 Å². The molecule has 5 atom stereocenters. The Labute approximate surface area is 130 Å². The highest BCUT2D eigenvalue weighted by molar-refractivity contribution is 6.10.